The Morgan fingerprint density at radius 3 is 2.54 bits per heavy atom. The lowest BCUT2D eigenvalue weighted by Crippen LogP contribution is -2.29. The largest absolute Gasteiger partial charge is 0.507 e. The standard InChI is InChI=1S/C29H24ClN3O4S2/c1-16-8-9-17(2)21(14-16)25(34)23-24(18-10-12-20(37-3)13-11-18)33(27(36)26(23)35)28-31-32-29(39-28)38-15-19-6-4-5-7-22(19)30/h4-14,24,34H,15H2,1-3H3. The van der Waals surface area contributed by atoms with Crippen molar-refractivity contribution in [1.29, 1.82) is 0 Å². The van der Waals surface area contributed by atoms with E-state index in [1.54, 1.807) is 37.4 Å². The van der Waals surface area contributed by atoms with E-state index in [-0.39, 0.29) is 16.5 Å². The van der Waals surface area contributed by atoms with Gasteiger partial charge in [-0.3, -0.25) is 14.5 Å². The van der Waals surface area contributed by atoms with Crippen molar-refractivity contribution in [2.45, 2.75) is 30.0 Å². The van der Waals surface area contributed by atoms with Crippen LogP contribution in [-0.4, -0.2) is 34.1 Å². The third-order valence-electron chi connectivity index (χ3n) is 6.44. The van der Waals surface area contributed by atoms with Crippen LogP contribution in [0.15, 0.2) is 76.6 Å². The van der Waals surface area contributed by atoms with Crippen molar-refractivity contribution in [3.63, 3.8) is 0 Å². The van der Waals surface area contributed by atoms with Gasteiger partial charge in [-0.2, -0.15) is 0 Å². The quantitative estimate of drug-likeness (QED) is 0.0855. The average Bonchev–Trinajstić information content (AvgIpc) is 3.51. The zero-order valence-electron chi connectivity index (χ0n) is 21.3. The lowest BCUT2D eigenvalue weighted by Gasteiger charge is -2.23. The first-order valence-corrected chi connectivity index (χ1v) is 14.2. The number of Topliss-reactive ketones (excluding diaryl/α,β-unsaturated/α-hetero) is 1. The van der Waals surface area contributed by atoms with Crippen molar-refractivity contribution in [3.8, 4) is 5.75 Å². The molecule has 1 saturated heterocycles. The van der Waals surface area contributed by atoms with Gasteiger partial charge in [-0.1, -0.05) is 82.7 Å². The number of hydrogen-bond acceptors (Lipinski definition) is 8. The van der Waals surface area contributed by atoms with Gasteiger partial charge in [0.2, 0.25) is 5.13 Å². The number of carbonyl (C=O) groups is 2. The Hall–Kier alpha value is -3.66. The number of aryl methyl sites for hydroxylation is 2. The second-order valence-corrected chi connectivity index (χ2v) is 11.6. The van der Waals surface area contributed by atoms with Gasteiger partial charge in [0.25, 0.3) is 5.78 Å². The van der Waals surface area contributed by atoms with Crippen molar-refractivity contribution in [1.82, 2.24) is 10.2 Å². The SMILES string of the molecule is COc1ccc(C2C(=C(O)c3cc(C)ccc3C)C(=O)C(=O)N2c2nnc(SCc3ccccc3Cl)s2)cc1. The zero-order valence-corrected chi connectivity index (χ0v) is 23.7. The third-order valence-corrected chi connectivity index (χ3v) is 8.91. The molecule has 1 fully saturated rings. The van der Waals surface area contributed by atoms with Gasteiger partial charge in [0.05, 0.1) is 18.7 Å². The fourth-order valence-electron chi connectivity index (χ4n) is 4.38. The van der Waals surface area contributed by atoms with Crippen LogP contribution in [0.3, 0.4) is 0 Å². The molecular weight excluding hydrogens is 554 g/mol. The van der Waals surface area contributed by atoms with Gasteiger partial charge in [-0.25, -0.2) is 0 Å². The van der Waals surface area contributed by atoms with Crippen LogP contribution in [0.1, 0.15) is 33.9 Å². The number of anilines is 1. The Labute approximate surface area is 239 Å². The summed E-state index contributed by atoms with van der Waals surface area (Å²) in [6, 6.07) is 19.3. The van der Waals surface area contributed by atoms with Crippen LogP contribution in [0.2, 0.25) is 5.02 Å². The first kappa shape index (κ1) is 26.9. The molecule has 2 heterocycles. The molecule has 1 aliphatic rings. The lowest BCUT2D eigenvalue weighted by molar-refractivity contribution is -0.132. The molecule has 3 aromatic carbocycles. The van der Waals surface area contributed by atoms with Gasteiger partial charge in [0, 0.05) is 16.3 Å². The van der Waals surface area contributed by atoms with Crippen LogP contribution >= 0.6 is 34.7 Å². The zero-order chi connectivity index (χ0) is 27.7. The minimum Gasteiger partial charge on any atom is -0.507 e. The molecule has 0 bridgehead atoms. The second kappa shape index (κ2) is 11.2. The normalized spacial score (nSPS) is 16.6. The number of ketones is 1. The van der Waals surface area contributed by atoms with Gasteiger partial charge >= 0.3 is 5.91 Å². The van der Waals surface area contributed by atoms with E-state index in [2.05, 4.69) is 10.2 Å². The molecule has 10 heteroatoms. The maximum absolute atomic E-state index is 13.5. The van der Waals surface area contributed by atoms with Crippen molar-refractivity contribution in [3.05, 3.63) is 105 Å². The number of aromatic nitrogens is 2. The topological polar surface area (TPSA) is 92.6 Å². The number of benzene rings is 3. The van der Waals surface area contributed by atoms with Crippen molar-refractivity contribution < 1.29 is 19.4 Å². The Kier molecular flexibility index (Phi) is 7.74. The van der Waals surface area contributed by atoms with Crippen LogP contribution in [-0.2, 0) is 15.3 Å². The summed E-state index contributed by atoms with van der Waals surface area (Å²) < 4.78 is 5.91. The van der Waals surface area contributed by atoms with Crippen LogP contribution in [0, 0.1) is 13.8 Å². The molecular formula is C29H24ClN3O4S2. The summed E-state index contributed by atoms with van der Waals surface area (Å²) >= 11 is 8.93. The average molecular weight is 578 g/mol. The van der Waals surface area contributed by atoms with Crippen LogP contribution < -0.4 is 9.64 Å². The molecule has 198 valence electrons. The monoisotopic (exact) mass is 577 g/mol. The fraction of sp³-hybridized carbons (Fsp3) is 0.172. The molecule has 1 atom stereocenters. The van der Waals surface area contributed by atoms with Crippen molar-refractivity contribution in [2.24, 2.45) is 0 Å². The van der Waals surface area contributed by atoms with E-state index in [1.807, 2.05) is 50.2 Å². The number of halogens is 1. The van der Waals surface area contributed by atoms with Crippen LogP contribution in [0.4, 0.5) is 5.13 Å². The van der Waals surface area contributed by atoms with E-state index in [0.717, 1.165) is 16.7 Å². The molecule has 39 heavy (non-hydrogen) atoms. The summed E-state index contributed by atoms with van der Waals surface area (Å²) in [5, 5.41) is 20.9. The number of methoxy groups -OCH3 is 1. The number of carbonyl (C=O) groups excluding carboxylic acids is 2. The van der Waals surface area contributed by atoms with Crippen molar-refractivity contribution in [2.75, 3.05) is 12.0 Å². The Balaban J connectivity index is 1.57. The maximum Gasteiger partial charge on any atom is 0.301 e. The number of amides is 1. The molecule has 0 aliphatic carbocycles. The number of aliphatic hydroxyl groups is 1. The maximum atomic E-state index is 13.5. The predicted octanol–water partition coefficient (Wildman–Crippen LogP) is 6.74. The summed E-state index contributed by atoms with van der Waals surface area (Å²) in [7, 11) is 1.56. The number of aliphatic hydroxyl groups excluding tert-OH is 1. The van der Waals surface area contributed by atoms with E-state index in [9.17, 15) is 14.7 Å². The van der Waals surface area contributed by atoms with E-state index in [0.29, 0.717) is 32.0 Å². The van der Waals surface area contributed by atoms with Gasteiger partial charge in [0.1, 0.15) is 11.5 Å². The minimum atomic E-state index is -0.898. The molecule has 1 aromatic heterocycles. The number of rotatable bonds is 7. The summed E-state index contributed by atoms with van der Waals surface area (Å²) in [5.41, 5.74) is 3.78. The van der Waals surface area contributed by atoms with E-state index < -0.39 is 17.7 Å². The second-order valence-electron chi connectivity index (χ2n) is 8.99. The molecule has 1 amide bonds. The molecule has 1 N–H and O–H groups in total. The summed E-state index contributed by atoms with van der Waals surface area (Å²) in [5.74, 6) is -0.590. The minimum absolute atomic E-state index is 0.000614. The summed E-state index contributed by atoms with van der Waals surface area (Å²) in [6.45, 7) is 3.75. The van der Waals surface area contributed by atoms with E-state index in [1.165, 1.54) is 28.0 Å². The highest BCUT2D eigenvalue weighted by Crippen LogP contribution is 2.44. The molecule has 1 unspecified atom stereocenters. The summed E-state index contributed by atoms with van der Waals surface area (Å²) in [4.78, 5) is 28.2. The number of thioether (sulfide) groups is 1. The number of ether oxygens (including phenoxy) is 1. The van der Waals surface area contributed by atoms with Crippen LogP contribution in [0.5, 0.6) is 5.75 Å². The summed E-state index contributed by atoms with van der Waals surface area (Å²) in [6.07, 6.45) is 0. The first-order chi connectivity index (χ1) is 18.8. The van der Waals surface area contributed by atoms with E-state index in [4.69, 9.17) is 16.3 Å². The fourth-order valence-corrected chi connectivity index (χ4v) is 6.53. The first-order valence-electron chi connectivity index (χ1n) is 12.0. The number of nitrogens with zero attached hydrogens (tertiary/aromatic N) is 3. The van der Waals surface area contributed by atoms with Gasteiger partial charge in [-0.15, -0.1) is 10.2 Å². The highest BCUT2D eigenvalue weighted by Gasteiger charge is 2.48. The van der Waals surface area contributed by atoms with E-state index >= 15 is 0 Å². The molecule has 0 spiro atoms. The van der Waals surface area contributed by atoms with Crippen molar-refractivity contribution >= 4 is 57.3 Å². The lowest BCUT2D eigenvalue weighted by atomic mass is 9.93. The highest BCUT2D eigenvalue weighted by atomic mass is 35.5. The van der Waals surface area contributed by atoms with Gasteiger partial charge < -0.3 is 9.84 Å². The van der Waals surface area contributed by atoms with Crippen LogP contribution in [0.25, 0.3) is 5.76 Å². The molecule has 1 aliphatic heterocycles. The number of hydrogen-bond donors (Lipinski definition) is 1. The Morgan fingerprint density at radius 2 is 1.82 bits per heavy atom. The smallest absolute Gasteiger partial charge is 0.301 e. The van der Waals surface area contributed by atoms with Gasteiger partial charge in [-0.05, 0) is 54.8 Å². The molecule has 7 nitrogen and oxygen atoms in total. The molecule has 4 aromatic rings. The van der Waals surface area contributed by atoms with Gasteiger partial charge in [0.15, 0.2) is 4.34 Å². The third kappa shape index (κ3) is 5.30. The molecule has 0 saturated carbocycles. The predicted molar refractivity (Wildman–Crippen MR) is 155 cm³/mol. The highest BCUT2D eigenvalue weighted by molar-refractivity contribution is 8.00. The Bertz CT molecular complexity index is 1600. The molecule has 5 rings (SSSR count). The Morgan fingerprint density at radius 1 is 1.08 bits per heavy atom. The molecule has 0 radical (unpaired) electrons.